The highest BCUT2D eigenvalue weighted by molar-refractivity contribution is 7.80. The van der Waals surface area contributed by atoms with Gasteiger partial charge in [0.1, 0.15) is 11.3 Å². The third-order valence-corrected chi connectivity index (χ3v) is 4.36. The van der Waals surface area contributed by atoms with Crippen LogP contribution in [0.3, 0.4) is 0 Å². The fourth-order valence-electron chi connectivity index (χ4n) is 2.60. The number of phenols is 1. The number of rotatable bonds is 4. The summed E-state index contributed by atoms with van der Waals surface area (Å²) in [6.45, 7) is 1.90. The molecule has 28 heavy (non-hydrogen) atoms. The minimum absolute atomic E-state index is 0.0266. The number of anilines is 1. The predicted octanol–water partition coefficient (Wildman–Crippen LogP) is 2.17. The number of carboxylic acids is 1. The van der Waals surface area contributed by atoms with Gasteiger partial charge in [-0.3, -0.25) is 19.5 Å². The number of aryl methyl sites for hydroxylation is 1. The lowest BCUT2D eigenvalue weighted by Gasteiger charge is -2.30. The minimum Gasteiger partial charge on any atom is -0.507 e. The molecule has 0 aromatic heterocycles. The zero-order valence-electron chi connectivity index (χ0n) is 14.6. The molecular weight excluding hydrogens is 382 g/mol. The molecule has 1 saturated heterocycles. The van der Waals surface area contributed by atoms with E-state index in [1.807, 2.05) is 19.1 Å². The van der Waals surface area contributed by atoms with Crippen LogP contribution in [0.1, 0.15) is 15.9 Å². The molecule has 1 heterocycles. The first-order valence-electron chi connectivity index (χ1n) is 8.14. The molecule has 0 radical (unpaired) electrons. The number of benzene rings is 2. The normalized spacial score (nSPS) is 17.1. The van der Waals surface area contributed by atoms with Gasteiger partial charge in [0.25, 0.3) is 5.91 Å². The molecule has 0 aliphatic carbocycles. The van der Waals surface area contributed by atoms with Crippen molar-refractivity contribution in [2.45, 2.75) is 6.92 Å². The lowest BCUT2D eigenvalue weighted by atomic mass is 10.1. The Morgan fingerprint density at radius 3 is 2.54 bits per heavy atom. The number of carbonyl (C=O) groups excluding carboxylic acids is 2. The monoisotopic (exact) mass is 397 g/mol. The standard InChI is InChI=1S/C19H15N3O5S/c1-10-2-5-12(6-3-10)22-17(25)14(16(24)21-19(22)28)9-20-11-4-7-15(23)13(8-11)18(26)27/h2-9,14,23H,1H3,(H,26,27)(H,21,24,28)/t14-/m0/s1. The molecule has 142 valence electrons. The molecule has 0 bridgehead atoms. The van der Waals surface area contributed by atoms with E-state index in [1.165, 1.54) is 17.0 Å². The van der Waals surface area contributed by atoms with Crippen molar-refractivity contribution in [3.63, 3.8) is 0 Å². The molecule has 9 heteroatoms. The van der Waals surface area contributed by atoms with E-state index < -0.39 is 29.5 Å². The van der Waals surface area contributed by atoms with E-state index >= 15 is 0 Å². The van der Waals surface area contributed by atoms with Crippen LogP contribution >= 0.6 is 12.2 Å². The molecule has 2 amide bonds. The largest absolute Gasteiger partial charge is 0.507 e. The molecule has 1 fully saturated rings. The van der Waals surface area contributed by atoms with Crippen LogP contribution in [0.25, 0.3) is 0 Å². The van der Waals surface area contributed by atoms with Crippen molar-refractivity contribution in [2.75, 3.05) is 4.90 Å². The van der Waals surface area contributed by atoms with Gasteiger partial charge in [0, 0.05) is 6.21 Å². The number of hydrogen-bond acceptors (Lipinski definition) is 6. The summed E-state index contributed by atoms with van der Waals surface area (Å²) in [7, 11) is 0. The van der Waals surface area contributed by atoms with Gasteiger partial charge in [-0.2, -0.15) is 0 Å². The Labute approximate surface area is 165 Å². The minimum atomic E-state index is -1.32. The number of nitrogens with one attached hydrogen (secondary N) is 1. The topological polar surface area (TPSA) is 119 Å². The van der Waals surface area contributed by atoms with Gasteiger partial charge in [-0.05, 0) is 49.5 Å². The van der Waals surface area contributed by atoms with Crippen LogP contribution in [0, 0.1) is 12.8 Å². The van der Waals surface area contributed by atoms with Crippen LogP contribution < -0.4 is 10.2 Å². The summed E-state index contributed by atoms with van der Waals surface area (Å²) in [6, 6.07) is 10.7. The summed E-state index contributed by atoms with van der Waals surface area (Å²) in [6.07, 6.45) is 1.12. The maximum atomic E-state index is 12.8. The summed E-state index contributed by atoms with van der Waals surface area (Å²) in [5.74, 6) is -4.17. The number of thiocarbonyl (C=S) groups is 1. The Bertz CT molecular complexity index is 1020. The molecule has 0 saturated carbocycles. The average molecular weight is 397 g/mol. The van der Waals surface area contributed by atoms with Crippen molar-refractivity contribution in [2.24, 2.45) is 10.9 Å². The second kappa shape index (κ2) is 7.57. The molecule has 0 spiro atoms. The summed E-state index contributed by atoms with van der Waals surface area (Å²) >= 11 is 5.12. The highest BCUT2D eigenvalue weighted by Crippen LogP contribution is 2.24. The third kappa shape index (κ3) is 3.74. The van der Waals surface area contributed by atoms with E-state index in [9.17, 15) is 19.5 Å². The average Bonchev–Trinajstić information content (AvgIpc) is 2.63. The van der Waals surface area contributed by atoms with Crippen molar-refractivity contribution in [1.82, 2.24) is 5.32 Å². The van der Waals surface area contributed by atoms with Gasteiger partial charge < -0.3 is 15.5 Å². The number of hydrogen-bond donors (Lipinski definition) is 3. The lowest BCUT2D eigenvalue weighted by Crippen LogP contribution is -2.58. The van der Waals surface area contributed by atoms with Crippen molar-refractivity contribution in [3.8, 4) is 5.75 Å². The van der Waals surface area contributed by atoms with Gasteiger partial charge in [0.05, 0.1) is 11.4 Å². The first-order valence-corrected chi connectivity index (χ1v) is 8.54. The Balaban J connectivity index is 1.89. The fourth-order valence-corrected chi connectivity index (χ4v) is 2.89. The third-order valence-electron chi connectivity index (χ3n) is 4.08. The van der Waals surface area contributed by atoms with Gasteiger partial charge in [0.2, 0.25) is 5.91 Å². The number of amides is 2. The van der Waals surface area contributed by atoms with Crippen LogP contribution in [0.2, 0.25) is 0 Å². The second-order valence-corrected chi connectivity index (χ2v) is 6.45. The Kier molecular flexibility index (Phi) is 5.18. The first-order chi connectivity index (χ1) is 13.3. The van der Waals surface area contributed by atoms with Gasteiger partial charge in [-0.1, -0.05) is 17.7 Å². The van der Waals surface area contributed by atoms with Crippen LogP contribution in [0.15, 0.2) is 47.5 Å². The lowest BCUT2D eigenvalue weighted by molar-refractivity contribution is -0.130. The first kappa shape index (κ1) is 19.2. The molecule has 8 nitrogen and oxygen atoms in total. The second-order valence-electron chi connectivity index (χ2n) is 6.07. The summed E-state index contributed by atoms with van der Waals surface area (Å²) < 4.78 is 0. The maximum absolute atomic E-state index is 12.8. The number of aromatic hydroxyl groups is 1. The number of nitrogens with zero attached hydrogens (tertiary/aromatic N) is 2. The van der Waals surface area contributed by atoms with Crippen molar-refractivity contribution in [3.05, 3.63) is 53.6 Å². The molecule has 2 aromatic carbocycles. The summed E-state index contributed by atoms with van der Waals surface area (Å²) in [5.41, 5.74) is 1.35. The zero-order valence-corrected chi connectivity index (χ0v) is 15.4. The van der Waals surface area contributed by atoms with Gasteiger partial charge >= 0.3 is 5.97 Å². The molecule has 0 unspecified atom stereocenters. The fraction of sp³-hybridized carbons (Fsp3) is 0.105. The van der Waals surface area contributed by atoms with E-state index in [2.05, 4.69) is 10.3 Å². The van der Waals surface area contributed by atoms with Crippen LogP contribution in [0.5, 0.6) is 5.75 Å². The molecule has 3 rings (SSSR count). The smallest absolute Gasteiger partial charge is 0.339 e. The maximum Gasteiger partial charge on any atom is 0.339 e. The quantitative estimate of drug-likeness (QED) is 0.413. The predicted molar refractivity (Wildman–Crippen MR) is 106 cm³/mol. The number of aromatic carboxylic acids is 1. The number of carboxylic acid groups (broad SMARTS) is 1. The van der Waals surface area contributed by atoms with E-state index in [-0.39, 0.29) is 16.4 Å². The Morgan fingerprint density at radius 2 is 1.89 bits per heavy atom. The molecule has 1 aliphatic rings. The van der Waals surface area contributed by atoms with Gasteiger partial charge in [-0.15, -0.1) is 0 Å². The Hall–Kier alpha value is -3.59. The molecule has 2 aromatic rings. The van der Waals surface area contributed by atoms with Crippen molar-refractivity contribution < 1.29 is 24.6 Å². The molecular formula is C19H15N3O5S. The summed E-state index contributed by atoms with van der Waals surface area (Å²) in [4.78, 5) is 41.4. The van der Waals surface area contributed by atoms with Crippen LogP contribution in [-0.4, -0.2) is 39.3 Å². The van der Waals surface area contributed by atoms with Crippen molar-refractivity contribution >= 4 is 52.7 Å². The Morgan fingerprint density at radius 1 is 1.21 bits per heavy atom. The highest BCUT2D eigenvalue weighted by Gasteiger charge is 2.38. The number of aliphatic imine (C=N–C) groups is 1. The van der Waals surface area contributed by atoms with Crippen LogP contribution in [0.4, 0.5) is 11.4 Å². The van der Waals surface area contributed by atoms with Crippen LogP contribution in [-0.2, 0) is 9.59 Å². The SMILES string of the molecule is Cc1ccc(N2C(=O)[C@@H](C=Nc3ccc(O)c(C(=O)O)c3)C(=O)NC2=S)cc1. The van der Waals surface area contributed by atoms with E-state index in [4.69, 9.17) is 17.3 Å². The molecule has 1 atom stereocenters. The van der Waals surface area contributed by atoms with E-state index in [0.717, 1.165) is 17.8 Å². The van der Waals surface area contributed by atoms with Crippen molar-refractivity contribution in [1.29, 1.82) is 0 Å². The highest BCUT2D eigenvalue weighted by atomic mass is 32.1. The summed E-state index contributed by atoms with van der Waals surface area (Å²) in [5, 5.41) is 21.0. The van der Waals surface area contributed by atoms with Gasteiger partial charge in [-0.25, -0.2) is 4.79 Å². The zero-order chi connectivity index (χ0) is 20.4. The molecule has 3 N–H and O–H groups in total. The van der Waals surface area contributed by atoms with E-state index in [0.29, 0.717) is 5.69 Å². The van der Waals surface area contributed by atoms with E-state index in [1.54, 1.807) is 12.1 Å². The number of carbonyl (C=O) groups is 3. The molecule has 1 aliphatic heterocycles. The van der Waals surface area contributed by atoms with Gasteiger partial charge in [0.15, 0.2) is 11.0 Å².